The van der Waals surface area contributed by atoms with E-state index >= 15 is 0 Å². The Hall–Kier alpha value is -0.440. The highest BCUT2D eigenvalue weighted by atomic mass is 35.5. The molecule has 0 fully saturated rings. The average molecular weight is 234 g/mol. The third-order valence-corrected chi connectivity index (χ3v) is 2.73. The molecule has 1 aromatic carbocycles. The second kappa shape index (κ2) is 4.87. The Morgan fingerprint density at radius 3 is 2.64 bits per heavy atom. The maximum Gasteiger partial charge on any atom is 0.137 e. The van der Waals surface area contributed by atoms with Crippen LogP contribution in [0.1, 0.15) is 17.2 Å². The van der Waals surface area contributed by atoms with E-state index in [0.29, 0.717) is 16.7 Å². The van der Waals surface area contributed by atoms with E-state index in [1.54, 1.807) is 7.11 Å². The lowest BCUT2D eigenvalue weighted by Gasteiger charge is -2.14. The molecule has 0 radical (unpaired) electrons. The van der Waals surface area contributed by atoms with E-state index in [1.165, 1.54) is 0 Å². The number of aryl methyl sites for hydroxylation is 1. The number of alkyl halides is 1. The van der Waals surface area contributed by atoms with E-state index in [0.717, 1.165) is 11.1 Å². The molecule has 0 heterocycles. The highest BCUT2D eigenvalue weighted by molar-refractivity contribution is 6.32. The highest BCUT2D eigenvalue weighted by Crippen LogP contribution is 2.30. The summed E-state index contributed by atoms with van der Waals surface area (Å²) in [4.78, 5) is 0. The first kappa shape index (κ1) is 11.6. The second-order valence-electron chi connectivity index (χ2n) is 3.10. The predicted octanol–water partition coefficient (Wildman–Crippen LogP) is 2.90. The predicted molar refractivity (Wildman–Crippen MR) is 60.4 cm³/mol. The number of benzene rings is 1. The Bertz CT molecular complexity index is 328. The molecular formula is C10H13Cl2NO. The van der Waals surface area contributed by atoms with E-state index in [9.17, 15) is 0 Å². The van der Waals surface area contributed by atoms with Crippen LogP contribution in [-0.4, -0.2) is 13.0 Å². The van der Waals surface area contributed by atoms with Gasteiger partial charge >= 0.3 is 0 Å². The average Bonchev–Trinajstić information content (AvgIpc) is 2.19. The summed E-state index contributed by atoms with van der Waals surface area (Å²) in [5.41, 5.74) is 7.83. The number of rotatable bonds is 3. The van der Waals surface area contributed by atoms with Crippen molar-refractivity contribution in [3.63, 3.8) is 0 Å². The molecule has 0 aliphatic rings. The summed E-state index contributed by atoms with van der Waals surface area (Å²) < 4.78 is 5.09. The fraction of sp³-hybridized carbons (Fsp3) is 0.400. The first-order valence-electron chi connectivity index (χ1n) is 4.25. The molecule has 14 heavy (non-hydrogen) atoms. The van der Waals surface area contributed by atoms with Crippen LogP contribution < -0.4 is 10.5 Å². The molecule has 0 aliphatic carbocycles. The van der Waals surface area contributed by atoms with Gasteiger partial charge in [0.15, 0.2) is 0 Å². The monoisotopic (exact) mass is 233 g/mol. The first-order valence-corrected chi connectivity index (χ1v) is 5.17. The van der Waals surface area contributed by atoms with E-state index < -0.39 is 0 Å². The van der Waals surface area contributed by atoms with Gasteiger partial charge in [-0.15, -0.1) is 11.6 Å². The van der Waals surface area contributed by atoms with E-state index in [-0.39, 0.29) is 6.04 Å². The summed E-state index contributed by atoms with van der Waals surface area (Å²) in [6.45, 7) is 1.96. The second-order valence-corrected chi connectivity index (χ2v) is 3.82. The Labute approximate surface area is 94.0 Å². The molecule has 78 valence electrons. The number of methoxy groups -OCH3 is 1. The van der Waals surface area contributed by atoms with Gasteiger partial charge in [0.2, 0.25) is 0 Å². The van der Waals surface area contributed by atoms with Gasteiger partial charge in [0.25, 0.3) is 0 Å². The lowest BCUT2D eigenvalue weighted by atomic mass is 10.0. The van der Waals surface area contributed by atoms with Gasteiger partial charge in [-0.1, -0.05) is 11.6 Å². The van der Waals surface area contributed by atoms with Crippen LogP contribution in [0.15, 0.2) is 12.1 Å². The molecule has 4 heteroatoms. The largest absolute Gasteiger partial charge is 0.495 e. The van der Waals surface area contributed by atoms with Crippen LogP contribution in [0.2, 0.25) is 5.02 Å². The van der Waals surface area contributed by atoms with Crippen LogP contribution in [0.5, 0.6) is 5.75 Å². The molecule has 2 N–H and O–H groups in total. The summed E-state index contributed by atoms with van der Waals surface area (Å²) in [5, 5.41) is 0.564. The number of nitrogens with two attached hydrogens (primary N) is 1. The molecule has 0 aliphatic heterocycles. The number of hydrogen-bond acceptors (Lipinski definition) is 2. The zero-order valence-corrected chi connectivity index (χ0v) is 9.69. The smallest absolute Gasteiger partial charge is 0.137 e. The van der Waals surface area contributed by atoms with Gasteiger partial charge in [-0.3, -0.25) is 0 Å². The van der Waals surface area contributed by atoms with Crippen molar-refractivity contribution in [2.24, 2.45) is 5.73 Å². The van der Waals surface area contributed by atoms with Crippen molar-refractivity contribution in [1.82, 2.24) is 0 Å². The Kier molecular flexibility index (Phi) is 4.05. The minimum atomic E-state index is -0.180. The van der Waals surface area contributed by atoms with Crippen molar-refractivity contribution in [2.75, 3.05) is 13.0 Å². The van der Waals surface area contributed by atoms with Gasteiger partial charge in [-0.05, 0) is 30.2 Å². The summed E-state index contributed by atoms with van der Waals surface area (Å²) in [6.07, 6.45) is 0. The van der Waals surface area contributed by atoms with Gasteiger partial charge in [0.05, 0.1) is 12.1 Å². The van der Waals surface area contributed by atoms with Crippen molar-refractivity contribution >= 4 is 23.2 Å². The van der Waals surface area contributed by atoms with Crippen LogP contribution in [0.4, 0.5) is 0 Å². The molecule has 1 aromatic rings. The lowest BCUT2D eigenvalue weighted by molar-refractivity contribution is 0.414. The highest BCUT2D eigenvalue weighted by Gasteiger charge is 2.11. The fourth-order valence-corrected chi connectivity index (χ4v) is 1.72. The van der Waals surface area contributed by atoms with Gasteiger partial charge < -0.3 is 10.5 Å². The van der Waals surface area contributed by atoms with Crippen LogP contribution in [-0.2, 0) is 0 Å². The van der Waals surface area contributed by atoms with E-state index in [1.807, 2.05) is 19.1 Å². The molecule has 1 atom stereocenters. The van der Waals surface area contributed by atoms with Crippen molar-refractivity contribution in [1.29, 1.82) is 0 Å². The first-order chi connectivity index (χ1) is 6.60. The molecule has 0 saturated carbocycles. The van der Waals surface area contributed by atoms with Gasteiger partial charge in [0, 0.05) is 11.9 Å². The minimum Gasteiger partial charge on any atom is -0.495 e. The summed E-state index contributed by atoms with van der Waals surface area (Å²) >= 11 is 11.7. The molecule has 0 amide bonds. The van der Waals surface area contributed by atoms with Crippen molar-refractivity contribution < 1.29 is 4.74 Å². The van der Waals surface area contributed by atoms with Crippen LogP contribution >= 0.6 is 23.2 Å². The Balaban J connectivity index is 3.14. The quantitative estimate of drug-likeness (QED) is 0.816. The van der Waals surface area contributed by atoms with E-state index in [4.69, 9.17) is 33.7 Å². The Morgan fingerprint density at radius 2 is 2.14 bits per heavy atom. The molecule has 0 spiro atoms. The van der Waals surface area contributed by atoms with Crippen LogP contribution in [0.3, 0.4) is 0 Å². The minimum absolute atomic E-state index is 0.180. The molecular weight excluding hydrogens is 221 g/mol. The third kappa shape index (κ3) is 2.32. The maximum absolute atomic E-state index is 5.98. The Morgan fingerprint density at radius 1 is 1.50 bits per heavy atom. The lowest BCUT2D eigenvalue weighted by Crippen LogP contribution is -2.13. The summed E-state index contributed by atoms with van der Waals surface area (Å²) in [6, 6.07) is 3.49. The molecule has 0 saturated heterocycles. The normalized spacial score (nSPS) is 12.6. The van der Waals surface area contributed by atoms with Crippen molar-refractivity contribution in [3.05, 3.63) is 28.3 Å². The maximum atomic E-state index is 5.98. The zero-order valence-electron chi connectivity index (χ0n) is 8.18. The standard InChI is InChI=1S/C10H13Cl2NO/c1-6-3-10(14-2)8(12)4-7(6)9(13)5-11/h3-4,9H,5,13H2,1-2H3. The summed E-state index contributed by atoms with van der Waals surface area (Å²) in [5.74, 6) is 1.04. The molecule has 1 unspecified atom stereocenters. The number of halogens is 2. The fourth-order valence-electron chi connectivity index (χ4n) is 1.31. The number of ether oxygens (including phenoxy) is 1. The van der Waals surface area contributed by atoms with Gasteiger partial charge in [-0.25, -0.2) is 0 Å². The molecule has 0 bridgehead atoms. The topological polar surface area (TPSA) is 35.2 Å². The molecule has 0 aromatic heterocycles. The number of hydrogen-bond donors (Lipinski definition) is 1. The molecule has 1 rings (SSSR count). The van der Waals surface area contributed by atoms with E-state index in [2.05, 4.69) is 0 Å². The third-order valence-electron chi connectivity index (χ3n) is 2.11. The van der Waals surface area contributed by atoms with Gasteiger partial charge in [0.1, 0.15) is 5.75 Å². The zero-order chi connectivity index (χ0) is 10.7. The SMILES string of the molecule is COc1cc(C)c(C(N)CCl)cc1Cl. The van der Waals surface area contributed by atoms with Crippen LogP contribution in [0.25, 0.3) is 0 Å². The van der Waals surface area contributed by atoms with Gasteiger partial charge in [-0.2, -0.15) is 0 Å². The molecule has 2 nitrogen and oxygen atoms in total. The van der Waals surface area contributed by atoms with Crippen LogP contribution in [0, 0.1) is 6.92 Å². The summed E-state index contributed by atoms with van der Waals surface area (Å²) in [7, 11) is 1.59. The van der Waals surface area contributed by atoms with Crippen molar-refractivity contribution in [2.45, 2.75) is 13.0 Å². The van der Waals surface area contributed by atoms with Crippen molar-refractivity contribution in [3.8, 4) is 5.75 Å².